The Morgan fingerprint density at radius 3 is 1.32 bits per heavy atom. The number of aliphatic hydroxyl groups is 1. The summed E-state index contributed by atoms with van der Waals surface area (Å²) in [5, 5.41) is 8.79. The van der Waals surface area contributed by atoms with Crippen LogP contribution in [0.15, 0.2) is 46.6 Å². The van der Waals surface area contributed by atoms with E-state index < -0.39 is 0 Å². The summed E-state index contributed by atoms with van der Waals surface area (Å²) in [7, 11) is 0. The first-order chi connectivity index (χ1) is 10.5. The van der Waals surface area contributed by atoms with Crippen molar-refractivity contribution in [1.29, 1.82) is 0 Å². The molecular weight excluding hydrogens is 268 g/mol. The average Bonchev–Trinajstić information content (AvgIpc) is 2.44. The molecule has 0 aromatic heterocycles. The summed E-state index contributed by atoms with van der Waals surface area (Å²) in [4.78, 5) is 0. The van der Waals surface area contributed by atoms with E-state index in [4.69, 9.17) is 5.11 Å². The molecule has 0 amide bonds. The monoisotopic (exact) mass is 304 g/mol. The molecule has 1 heteroatoms. The summed E-state index contributed by atoms with van der Waals surface area (Å²) >= 11 is 0. The van der Waals surface area contributed by atoms with Crippen molar-refractivity contribution in [2.75, 3.05) is 6.61 Å². The van der Waals surface area contributed by atoms with Crippen LogP contribution in [0.2, 0.25) is 0 Å². The highest BCUT2D eigenvalue weighted by Gasteiger charge is 1.93. The van der Waals surface area contributed by atoms with E-state index >= 15 is 0 Å². The second-order valence-corrected chi connectivity index (χ2v) is 6.56. The predicted octanol–water partition coefficient (Wildman–Crippen LogP) is 6.51. The molecule has 22 heavy (non-hydrogen) atoms. The summed E-state index contributed by atoms with van der Waals surface area (Å²) in [5.74, 6) is 0. The normalized spacial score (nSPS) is 13.5. The molecule has 0 aromatic rings. The van der Waals surface area contributed by atoms with Gasteiger partial charge in [-0.2, -0.15) is 0 Å². The lowest BCUT2D eigenvalue weighted by Crippen LogP contribution is -1.83. The Labute approximate surface area is 138 Å². The first-order valence-corrected chi connectivity index (χ1v) is 8.66. The minimum atomic E-state index is 0.255. The highest BCUT2D eigenvalue weighted by atomic mass is 16.2. The average molecular weight is 305 g/mol. The minimum absolute atomic E-state index is 0.255. The Hall–Kier alpha value is -1.08. The Kier molecular flexibility index (Phi) is 12.9. The van der Waals surface area contributed by atoms with Gasteiger partial charge in [-0.3, -0.25) is 0 Å². The lowest BCUT2D eigenvalue weighted by atomic mass is 10.0. The standard InChI is InChI=1S/C21H36O/c1-18(2)10-6-11-19(3)12-7-13-20(4)14-8-15-21(5)16-9-17-22/h10,12,14,16,22H,6-9,11,13,15,17H2,1-5H3. The Morgan fingerprint density at radius 2 is 0.955 bits per heavy atom. The third-order valence-electron chi connectivity index (χ3n) is 3.78. The van der Waals surface area contributed by atoms with Gasteiger partial charge in [0.05, 0.1) is 0 Å². The molecule has 0 saturated carbocycles. The molecule has 0 fully saturated rings. The maximum atomic E-state index is 8.79. The number of hydrogen-bond donors (Lipinski definition) is 1. The maximum absolute atomic E-state index is 8.79. The van der Waals surface area contributed by atoms with E-state index in [0.717, 1.165) is 25.7 Å². The van der Waals surface area contributed by atoms with Crippen molar-refractivity contribution in [2.45, 2.75) is 79.6 Å². The third kappa shape index (κ3) is 13.9. The van der Waals surface area contributed by atoms with Gasteiger partial charge in [-0.1, -0.05) is 46.6 Å². The SMILES string of the molecule is CC(C)=CCCC(C)=CCCC(C)=CCCC(C)=CCCO. The van der Waals surface area contributed by atoms with E-state index in [1.165, 1.54) is 41.6 Å². The lowest BCUT2D eigenvalue weighted by molar-refractivity contribution is 0.302. The van der Waals surface area contributed by atoms with Gasteiger partial charge in [-0.25, -0.2) is 0 Å². The highest BCUT2D eigenvalue weighted by molar-refractivity contribution is 5.07. The van der Waals surface area contributed by atoms with Crippen LogP contribution in [0.5, 0.6) is 0 Å². The molecule has 0 radical (unpaired) electrons. The van der Waals surface area contributed by atoms with Gasteiger partial charge >= 0.3 is 0 Å². The molecule has 0 atom stereocenters. The van der Waals surface area contributed by atoms with Gasteiger partial charge in [-0.05, 0) is 79.6 Å². The van der Waals surface area contributed by atoms with E-state index in [-0.39, 0.29) is 6.61 Å². The largest absolute Gasteiger partial charge is 0.396 e. The summed E-state index contributed by atoms with van der Waals surface area (Å²) in [6.45, 7) is 11.2. The van der Waals surface area contributed by atoms with Crippen LogP contribution in [0, 0.1) is 0 Å². The van der Waals surface area contributed by atoms with Crippen LogP contribution in [0.1, 0.15) is 79.6 Å². The molecule has 126 valence electrons. The van der Waals surface area contributed by atoms with Crippen LogP contribution in [-0.4, -0.2) is 11.7 Å². The molecular formula is C21H36O. The van der Waals surface area contributed by atoms with Gasteiger partial charge in [0.2, 0.25) is 0 Å². The summed E-state index contributed by atoms with van der Waals surface area (Å²) in [6.07, 6.45) is 16.9. The smallest absolute Gasteiger partial charge is 0.0465 e. The van der Waals surface area contributed by atoms with Crippen molar-refractivity contribution >= 4 is 0 Å². The quantitative estimate of drug-likeness (QED) is 0.431. The zero-order chi connectivity index (χ0) is 16.8. The summed E-state index contributed by atoms with van der Waals surface area (Å²) in [6, 6.07) is 0. The zero-order valence-corrected chi connectivity index (χ0v) is 15.4. The van der Waals surface area contributed by atoms with E-state index in [0.29, 0.717) is 0 Å². The van der Waals surface area contributed by atoms with Gasteiger partial charge < -0.3 is 5.11 Å². The molecule has 0 saturated heterocycles. The van der Waals surface area contributed by atoms with Crippen molar-refractivity contribution < 1.29 is 5.11 Å². The Balaban J connectivity index is 3.94. The van der Waals surface area contributed by atoms with Crippen LogP contribution in [0.4, 0.5) is 0 Å². The van der Waals surface area contributed by atoms with Gasteiger partial charge in [-0.15, -0.1) is 0 Å². The molecule has 1 N–H and O–H groups in total. The van der Waals surface area contributed by atoms with Gasteiger partial charge in [0.1, 0.15) is 0 Å². The second kappa shape index (κ2) is 13.6. The fourth-order valence-electron chi connectivity index (χ4n) is 2.30. The molecule has 0 aliphatic carbocycles. The number of rotatable bonds is 11. The molecule has 0 bridgehead atoms. The fourth-order valence-corrected chi connectivity index (χ4v) is 2.30. The van der Waals surface area contributed by atoms with E-state index in [1.54, 1.807) is 0 Å². The molecule has 0 heterocycles. The van der Waals surface area contributed by atoms with E-state index in [2.05, 4.69) is 58.9 Å². The second-order valence-electron chi connectivity index (χ2n) is 6.56. The fraction of sp³-hybridized carbons (Fsp3) is 0.619. The number of aliphatic hydroxyl groups excluding tert-OH is 1. The molecule has 0 rings (SSSR count). The van der Waals surface area contributed by atoms with Gasteiger partial charge in [0.15, 0.2) is 0 Å². The number of allylic oxidation sites excluding steroid dienone is 7. The molecule has 0 unspecified atom stereocenters. The molecule has 0 aliphatic rings. The van der Waals surface area contributed by atoms with Crippen molar-refractivity contribution in [3.8, 4) is 0 Å². The summed E-state index contributed by atoms with van der Waals surface area (Å²) in [5.41, 5.74) is 5.79. The van der Waals surface area contributed by atoms with Crippen LogP contribution >= 0.6 is 0 Å². The zero-order valence-electron chi connectivity index (χ0n) is 15.4. The van der Waals surface area contributed by atoms with Gasteiger partial charge in [0.25, 0.3) is 0 Å². The van der Waals surface area contributed by atoms with Crippen LogP contribution < -0.4 is 0 Å². The van der Waals surface area contributed by atoms with Crippen LogP contribution in [0.3, 0.4) is 0 Å². The van der Waals surface area contributed by atoms with Crippen molar-refractivity contribution in [3.05, 3.63) is 46.6 Å². The van der Waals surface area contributed by atoms with Crippen molar-refractivity contribution in [2.24, 2.45) is 0 Å². The Bertz CT molecular complexity index is 404. The van der Waals surface area contributed by atoms with E-state index in [1.807, 2.05) is 0 Å². The molecule has 0 aromatic carbocycles. The lowest BCUT2D eigenvalue weighted by Gasteiger charge is -2.02. The summed E-state index contributed by atoms with van der Waals surface area (Å²) < 4.78 is 0. The minimum Gasteiger partial charge on any atom is -0.396 e. The predicted molar refractivity (Wildman–Crippen MR) is 100 cm³/mol. The van der Waals surface area contributed by atoms with Crippen molar-refractivity contribution in [3.63, 3.8) is 0 Å². The third-order valence-corrected chi connectivity index (χ3v) is 3.78. The maximum Gasteiger partial charge on any atom is 0.0465 e. The molecule has 1 nitrogen and oxygen atoms in total. The number of hydrogen-bond acceptors (Lipinski definition) is 1. The van der Waals surface area contributed by atoms with E-state index in [9.17, 15) is 0 Å². The highest BCUT2D eigenvalue weighted by Crippen LogP contribution is 2.13. The molecule has 0 aliphatic heterocycles. The van der Waals surface area contributed by atoms with Crippen LogP contribution in [-0.2, 0) is 0 Å². The van der Waals surface area contributed by atoms with Crippen molar-refractivity contribution in [1.82, 2.24) is 0 Å². The van der Waals surface area contributed by atoms with Crippen LogP contribution in [0.25, 0.3) is 0 Å². The topological polar surface area (TPSA) is 20.2 Å². The molecule has 0 spiro atoms. The first kappa shape index (κ1) is 20.9. The van der Waals surface area contributed by atoms with Gasteiger partial charge in [0, 0.05) is 6.61 Å². The first-order valence-electron chi connectivity index (χ1n) is 8.66. The Morgan fingerprint density at radius 1 is 0.591 bits per heavy atom.